The quantitative estimate of drug-likeness (QED) is 0.550. The van der Waals surface area contributed by atoms with E-state index in [1.165, 1.54) is 32.2 Å². The fourth-order valence-electron chi connectivity index (χ4n) is 2.98. The monoisotopic (exact) mass is 209 g/mol. The van der Waals surface area contributed by atoms with E-state index in [0.717, 1.165) is 31.8 Å². The lowest BCUT2D eigenvalue weighted by atomic mass is 9.95. The normalized spacial score (nSPS) is 25.9. The summed E-state index contributed by atoms with van der Waals surface area (Å²) in [5, 5.41) is 7.44. The Balaban J connectivity index is 1.71. The van der Waals surface area contributed by atoms with Crippen LogP contribution >= 0.6 is 0 Å². The third kappa shape index (κ3) is 2.94. The van der Waals surface area contributed by atoms with Crippen LogP contribution in [0.3, 0.4) is 0 Å². The molecular weight excluding hydrogens is 186 g/mol. The topological polar surface area (TPSA) is 53.1 Å². The lowest BCUT2D eigenvalue weighted by Crippen LogP contribution is -2.40. The number of rotatable bonds is 3. The molecule has 2 rings (SSSR count). The minimum absolute atomic E-state index is 0.366. The van der Waals surface area contributed by atoms with E-state index in [1.54, 1.807) is 0 Å². The van der Waals surface area contributed by atoms with Crippen molar-refractivity contribution in [3.05, 3.63) is 0 Å². The summed E-state index contributed by atoms with van der Waals surface area (Å²) in [5.41, 5.74) is 5.54. The SMILES string of the molecule is N=C(N)C1CCN(CC2CCCC2)CC1. The molecule has 86 valence electrons. The lowest BCUT2D eigenvalue weighted by Gasteiger charge is -2.32. The number of hydrogen-bond acceptors (Lipinski definition) is 2. The Morgan fingerprint density at radius 3 is 2.27 bits per heavy atom. The van der Waals surface area contributed by atoms with Crippen LogP contribution in [0.2, 0.25) is 0 Å². The van der Waals surface area contributed by atoms with Crippen LogP contribution in [0.1, 0.15) is 38.5 Å². The van der Waals surface area contributed by atoms with Crippen molar-refractivity contribution in [2.24, 2.45) is 17.6 Å². The van der Waals surface area contributed by atoms with Gasteiger partial charge < -0.3 is 10.6 Å². The summed E-state index contributed by atoms with van der Waals surface area (Å²) in [4.78, 5) is 2.58. The highest BCUT2D eigenvalue weighted by Gasteiger charge is 2.24. The second kappa shape index (κ2) is 4.97. The summed E-state index contributed by atoms with van der Waals surface area (Å²) < 4.78 is 0. The number of piperidine rings is 1. The molecule has 1 heterocycles. The van der Waals surface area contributed by atoms with Crippen molar-refractivity contribution in [3.8, 4) is 0 Å². The van der Waals surface area contributed by atoms with Gasteiger partial charge in [-0.05, 0) is 44.7 Å². The van der Waals surface area contributed by atoms with Gasteiger partial charge in [0.05, 0.1) is 5.84 Å². The molecule has 15 heavy (non-hydrogen) atoms. The maximum absolute atomic E-state index is 7.44. The van der Waals surface area contributed by atoms with E-state index in [1.807, 2.05) is 0 Å². The van der Waals surface area contributed by atoms with Crippen molar-refractivity contribution in [1.82, 2.24) is 4.90 Å². The van der Waals surface area contributed by atoms with Crippen molar-refractivity contribution in [3.63, 3.8) is 0 Å². The highest BCUT2D eigenvalue weighted by Crippen LogP contribution is 2.27. The van der Waals surface area contributed by atoms with Gasteiger partial charge in [0.2, 0.25) is 0 Å². The van der Waals surface area contributed by atoms with Gasteiger partial charge in [0.15, 0.2) is 0 Å². The Bertz CT molecular complexity index is 213. The fourth-order valence-corrected chi connectivity index (χ4v) is 2.98. The van der Waals surface area contributed by atoms with Crippen LogP contribution in [-0.4, -0.2) is 30.4 Å². The highest BCUT2D eigenvalue weighted by molar-refractivity contribution is 5.79. The molecule has 2 fully saturated rings. The average Bonchev–Trinajstić information content (AvgIpc) is 2.71. The van der Waals surface area contributed by atoms with Gasteiger partial charge in [-0.2, -0.15) is 0 Å². The summed E-state index contributed by atoms with van der Waals surface area (Å²) in [6, 6.07) is 0. The molecule has 0 amide bonds. The summed E-state index contributed by atoms with van der Waals surface area (Å²) in [6.45, 7) is 3.60. The molecule has 0 bridgehead atoms. The van der Waals surface area contributed by atoms with E-state index in [9.17, 15) is 0 Å². The van der Waals surface area contributed by atoms with Crippen LogP contribution in [0.5, 0.6) is 0 Å². The minimum atomic E-state index is 0.366. The number of likely N-dealkylation sites (tertiary alicyclic amines) is 1. The summed E-state index contributed by atoms with van der Waals surface area (Å²) >= 11 is 0. The molecule has 3 N–H and O–H groups in total. The molecule has 3 heteroatoms. The molecule has 0 unspecified atom stereocenters. The second-order valence-corrected chi connectivity index (χ2v) is 5.18. The third-order valence-electron chi connectivity index (χ3n) is 4.02. The molecule has 0 radical (unpaired) electrons. The number of hydrogen-bond donors (Lipinski definition) is 2. The van der Waals surface area contributed by atoms with Crippen LogP contribution in [0.15, 0.2) is 0 Å². The fraction of sp³-hybridized carbons (Fsp3) is 0.917. The molecule has 0 spiro atoms. The first-order valence-corrected chi connectivity index (χ1v) is 6.32. The van der Waals surface area contributed by atoms with Crippen molar-refractivity contribution in [2.75, 3.05) is 19.6 Å². The summed E-state index contributed by atoms with van der Waals surface area (Å²) in [7, 11) is 0. The zero-order valence-corrected chi connectivity index (χ0v) is 9.54. The standard InChI is InChI=1S/C12H23N3/c13-12(14)11-5-7-15(8-6-11)9-10-3-1-2-4-10/h10-11H,1-9H2,(H3,13,14). The van der Waals surface area contributed by atoms with Gasteiger partial charge in [0.25, 0.3) is 0 Å². The number of nitrogens with one attached hydrogen (secondary N) is 1. The van der Waals surface area contributed by atoms with E-state index in [2.05, 4.69) is 4.90 Å². The van der Waals surface area contributed by atoms with E-state index in [4.69, 9.17) is 11.1 Å². The second-order valence-electron chi connectivity index (χ2n) is 5.18. The molecule has 1 saturated carbocycles. The number of nitrogens with zero attached hydrogens (tertiary/aromatic N) is 1. The molecule has 3 nitrogen and oxygen atoms in total. The average molecular weight is 209 g/mol. The largest absolute Gasteiger partial charge is 0.387 e. The maximum Gasteiger partial charge on any atom is 0.0937 e. The molecule has 0 aromatic heterocycles. The van der Waals surface area contributed by atoms with Crippen LogP contribution in [0, 0.1) is 17.2 Å². The van der Waals surface area contributed by atoms with Crippen molar-refractivity contribution < 1.29 is 0 Å². The van der Waals surface area contributed by atoms with Crippen LogP contribution in [0.4, 0.5) is 0 Å². The Morgan fingerprint density at radius 2 is 1.73 bits per heavy atom. The van der Waals surface area contributed by atoms with Crippen LogP contribution in [-0.2, 0) is 0 Å². The van der Waals surface area contributed by atoms with E-state index < -0.39 is 0 Å². The molecular formula is C12H23N3. The Kier molecular flexibility index (Phi) is 3.62. The Morgan fingerprint density at radius 1 is 1.13 bits per heavy atom. The molecule has 0 atom stereocenters. The number of nitrogens with two attached hydrogens (primary N) is 1. The van der Waals surface area contributed by atoms with Gasteiger partial charge in [0.1, 0.15) is 0 Å². The third-order valence-corrected chi connectivity index (χ3v) is 4.02. The first-order valence-electron chi connectivity index (χ1n) is 6.32. The summed E-state index contributed by atoms with van der Waals surface area (Å²) in [5.74, 6) is 1.72. The molecule has 2 aliphatic rings. The van der Waals surface area contributed by atoms with Crippen molar-refractivity contribution >= 4 is 5.84 Å². The van der Waals surface area contributed by atoms with Crippen molar-refractivity contribution in [2.45, 2.75) is 38.5 Å². The Hall–Kier alpha value is -0.570. The maximum atomic E-state index is 7.44. The van der Waals surface area contributed by atoms with E-state index >= 15 is 0 Å². The first kappa shape index (κ1) is 10.9. The van der Waals surface area contributed by atoms with E-state index in [0.29, 0.717) is 11.8 Å². The zero-order valence-electron chi connectivity index (χ0n) is 9.54. The smallest absolute Gasteiger partial charge is 0.0937 e. The Labute approximate surface area is 92.5 Å². The predicted molar refractivity (Wildman–Crippen MR) is 63.0 cm³/mol. The molecule has 1 aliphatic heterocycles. The zero-order chi connectivity index (χ0) is 10.7. The molecule has 0 aromatic carbocycles. The van der Waals surface area contributed by atoms with Crippen LogP contribution < -0.4 is 5.73 Å². The van der Waals surface area contributed by atoms with Gasteiger partial charge in [-0.25, -0.2) is 0 Å². The number of amidine groups is 1. The molecule has 1 saturated heterocycles. The van der Waals surface area contributed by atoms with Gasteiger partial charge in [-0.15, -0.1) is 0 Å². The molecule has 0 aromatic rings. The van der Waals surface area contributed by atoms with Crippen LogP contribution in [0.25, 0.3) is 0 Å². The van der Waals surface area contributed by atoms with Gasteiger partial charge in [-0.3, -0.25) is 5.41 Å². The van der Waals surface area contributed by atoms with E-state index in [-0.39, 0.29) is 0 Å². The predicted octanol–water partition coefficient (Wildman–Crippen LogP) is 1.82. The van der Waals surface area contributed by atoms with Gasteiger partial charge in [0, 0.05) is 12.5 Å². The van der Waals surface area contributed by atoms with Gasteiger partial charge in [-0.1, -0.05) is 12.8 Å². The highest BCUT2D eigenvalue weighted by atomic mass is 15.1. The molecule has 1 aliphatic carbocycles. The summed E-state index contributed by atoms with van der Waals surface area (Å²) in [6.07, 6.45) is 7.95. The minimum Gasteiger partial charge on any atom is -0.387 e. The van der Waals surface area contributed by atoms with Gasteiger partial charge >= 0.3 is 0 Å². The lowest BCUT2D eigenvalue weighted by molar-refractivity contribution is 0.180. The first-order chi connectivity index (χ1) is 7.25. The van der Waals surface area contributed by atoms with Crippen molar-refractivity contribution in [1.29, 1.82) is 5.41 Å².